The van der Waals surface area contributed by atoms with Gasteiger partial charge in [0.25, 0.3) is 5.91 Å². The van der Waals surface area contributed by atoms with Gasteiger partial charge in [-0.1, -0.05) is 19.1 Å². The zero-order valence-corrected chi connectivity index (χ0v) is 19.5. The van der Waals surface area contributed by atoms with Crippen LogP contribution in [0.25, 0.3) is 6.08 Å². The molecule has 2 aliphatic rings. The zero-order chi connectivity index (χ0) is 23.3. The molecule has 0 unspecified atom stereocenters. The van der Waals surface area contributed by atoms with Gasteiger partial charge in [-0.3, -0.25) is 9.59 Å². The Morgan fingerprint density at radius 1 is 1.41 bits per heavy atom. The maximum absolute atomic E-state index is 13.3. The fourth-order valence-corrected chi connectivity index (χ4v) is 4.24. The van der Waals surface area contributed by atoms with Crippen LogP contribution in [0.1, 0.15) is 49.5 Å². The van der Waals surface area contributed by atoms with Crippen molar-refractivity contribution in [3.8, 4) is 5.88 Å². The summed E-state index contributed by atoms with van der Waals surface area (Å²) in [6, 6.07) is 1.43. The van der Waals surface area contributed by atoms with Crippen LogP contribution < -0.4 is 4.74 Å². The third kappa shape index (κ3) is 5.48. The second-order valence-electron chi connectivity index (χ2n) is 8.85. The maximum atomic E-state index is 13.3. The van der Waals surface area contributed by atoms with Crippen LogP contribution >= 0.6 is 0 Å². The number of allylic oxidation sites excluding steroid dienone is 1. The molecule has 0 aliphatic carbocycles. The highest BCUT2D eigenvalue weighted by molar-refractivity contribution is 5.97. The summed E-state index contributed by atoms with van der Waals surface area (Å²) in [7, 11) is 1.80. The van der Waals surface area contributed by atoms with E-state index in [4.69, 9.17) is 9.47 Å². The van der Waals surface area contributed by atoms with Crippen LogP contribution in [-0.4, -0.2) is 83.8 Å². The summed E-state index contributed by atoms with van der Waals surface area (Å²) in [5.74, 6) is 0.0561. The van der Waals surface area contributed by atoms with E-state index in [0.717, 1.165) is 18.4 Å². The molecule has 0 spiro atoms. The average molecular weight is 446 g/mol. The van der Waals surface area contributed by atoms with Crippen molar-refractivity contribution < 1.29 is 24.2 Å². The number of ether oxygens (including phenoxy) is 2. The van der Waals surface area contributed by atoms with E-state index in [-0.39, 0.29) is 48.3 Å². The summed E-state index contributed by atoms with van der Waals surface area (Å²) in [5, 5.41) is 9.75. The van der Waals surface area contributed by atoms with Gasteiger partial charge in [-0.15, -0.1) is 0 Å². The van der Waals surface area contributed by atoms with Crippen LogP contribution in [-0.2, 0) is 9.53 Å². The Hall–Kier alpha value is -2.45. The summed E-state index contributed by atoms with van der Waals surface area (Å²) < 4.78 is 11.6. The third-order valence-corrected chi connectivity index (χ3v) is 6.30. The number of nitrogens with zero attached hydrogens (tertiary/aromatic N) is 3. The van der Waals surface area contributed by atoms with Gasteiger partial charge in [-0.25, -0.2) is 4.98 Å². The van der Waals surface area contributed by atoms with Gasteiger partial charge >= 0.3 is 0 Å². The fourth-order valence-electron chi connectivity index (χ4n) is 4.24. The van der Waals surface area contributed by atoms with E-state index in [2.05, 4.69) is 4.98 Å². The number of hydrogen-bond acceptors (Lipinski definition) is 6. The van der Waals surface area contributed by atoms with E-state index >= 15 is 0 Å². The minimum absolute atomic E-state index is 0.0288. The molecule has 3 heterocycles. The highest BCUT2D eigenvalue weighted by Gasteiger charge is 2.35. The van der Waals surface area contributed by atoms with Gasteiger partial charge in [0.05, 0.1) is 19.2 Å². The van der Waals surface area contributed by atoms with Gasteiger partial charge in [-0.2, -0.15) is 0 Å². The normalized spacial score (nSPS) is 23.3. The second kappa shape index (κ2) is 10.9. The van der Waals surface area contributed by atoms with Crippen LogP contribution in [0.4, 0.5) is 0 Å². The lowest BCUT2D eigenvalue weighted by molar-refractivity contribution is -0.138. The molecule has 1 N–H and O–H groups in total. The van der Waals surface area contributed by atoms with Crippen molar-refractivity contribution in [2.24, 2.45) is 11.8 Å². The standard InChI is InChI=1S/C24H35N3O5/c1-5-6-18-11-20-22(25-12-18)32-21(16(2)13-27(24(20)30)17(3)15-28)14-26(4)23(29)19-7-9-31-10-8-19/h5-6,11-12,16-17,19,21,28H,7-10,13-15H2,1-4H3/t16-,17-,21-/m0/s1. The van der Waals surface area contributed by atoms with Crippen LogP contribution in [0.15, 0.2) is 18.3 Å². The molecule has 2 aliphatic heterocycles. The number of hydrogen-bond donors (Lipinski definition) is 1. The highest BCUT2D eigenvalue weighted by atomic mass is 16.5. The van der Waals surface area contributed by atoms with E-state index < -0.39 is 0 Å². The first-order valence-electron chi connectivity index (χ1n) is 11.4. The molecule has 8 heteroatoms. The summed E-state index contributed by atoms with van der Waals surface area (Å²) in [6.07, 6.45) is 6.56. The van der Waals surface area contributed by atoms with Gasteiger partial charge in [0.15, 0.2) is 0 Å². The Kier molecular flexibility index (Phi) is 8.26. The first-order chi connectivity index (χ1) is 15.3. The van der Waals surface area contributed by atoms with E-state index in [0.29, 0.717) is 31.9 Å². The molecule has 1 fully saturated rings. The smallest absolute Gasteiger partial charge is 0.259 e. The molecule has 1 aromatic heterocycles. The van der Waals surface area contributed by atoms with E-state index in [1.165, 1.54) is 0 Å². The number of aromatic nitrogens is 1. The lowest BCUT2D eigenvalue weighted by Crippen LogP contribution is -2.51. The number of pyridine rings is 1. The summed E-state index contributed by atoms with van der Waals surface area (Å²) >= 11 is 0. The number of rotatable bonds is 6. The molecular formula is C24H35N3O5. The van der Waals surface area contributed by atoms with Crippen molar-refractivity contribution in [1.82, 2.24) is 14.8 Å². The average Bonchev–Trinajstić information content (AvgIpc) is 2.81. The van der Waals surface area contributed by atoms with Crippen molar-refractivity contribution in [3.63, 3.8) is 0 Å². The number of amides is 2. The topological polar surface area (TPSA) is 92.2 Å². The summed E-state index contributed by atoms with van der Waals surface area (Å²) in [4.78, 5) is 34.1. The van der Waals surface area contributed by atoms with E-state index in [1.807, 2.05) is 32.9 Å². The van der Waals surface area contributed by atoms with E-state index in [9.17, 15) is 14.7 Å². The van der Waals surface area contributed by atoms with Gasteiger partial charge < -0.3 is 24.4 Å². The first kappa shape index (κ1) is 24.2. The molecule has 0 saturated carbocycles. The third-order valence-electron chi connectivity index (χ3n) is 6.30. The highest BCUT2D eigenvalue weighted by Crippen LogP contribution is 2.28. The molecule has 2 amide bonds. The van der Waals surface area contributed by atoms with Crippen LogP contribution in [0.3, 0.4) is 0 Å². The molecule has 32 heavy (non-hydrogen) atoms. The Balaban J connectivity index is 1.88. The Bertz CT molecular complexity index is 837. The molecule has 0 aromatic carbocycles. The SMILES string of the molecule is CC=Cc1cnc2c(c1)C(=O)N([C@@H](C)CO)C[C@H](C)[C@H](CN(C)C(=O)C1CCOCC1)O2. The van der Waals surface area contributed by atoms with Crippen molar-refractivity contribution in [1.29, 1.82) is 0 Å². The zero-order valence-electron chi connectivity index (χ0n) is 19.5. The predicted octanol–water partition coefficient (Wildman–Crippen LogP) is 2.22. The molecule has 176 valence electrons. The van der Waals surface area contributed by atoms with Gasteiger partial charge in [-0.05, 0) is 38.3 Å². The largest absolute Gasteiger partial charge is 0.472 e. The molecule has 3 atom stereocenters. The minimum atomic E-state index is -0.344. The molecule has 1 aromatic rings. The van der Waals surface area contributed by atoms with Crippen LogP contribution in [0, 0.1) is 11.8 Å². The fraction of sp³-hybridized carbons (Fsp3) is 0.625. The number of carbonyl (C=O) groups is 2. The molecule has 0 radical (unpaired) electrons. The molecule has 1 saturated heterocycles. The van der Waals surface area contributed by atoms with Crippen molar-refractivity contribution in [3.05, 3.63) is 29.5 Å². The van der Waals surface area contributed by atoms with Crippen molar-refractivity contribution >= 4 is 17.9 Å². The lowest BCUT2D eigenvalue weighted by Gasteiger charge is -2.38. The Morgan fingerprint density at radius 3 is 2.78 bits per heavy atom. The monoisotopic (exact) mass is 445 g/mol. The predicted molar refractivity (Wildman–Crippen MR) is 121 cm³/mol. The number of aliphatic hydroxyl groups excluding tert-OH is 1. The molecule has 3 rings (SSSR count). The van der Waals surface area contributed by atoms with Gasteiger partial charge in [0.2, 0.25) is 11.8 Å². The Morgan fingerprint density at radius 2 is 2.12 bits per heavy atom. The van der Waals surface area contributed by atoms with Gasteiger partial charge in [0, 0.05) is 44.8 Å². The quantitative estimate of drug-likeness (QED) is 0.722. The van der Waals surface area contributed by atoms with Crippen molar-refractivity contribution in [2.45, 2.75) is 45.8 Å². The summed E-state index contributed by atoms with van der Waals surface area (Å²) in [6.45, 7) is 7.63. The Labute approximate surface area is 190 Å². The van der Waals surface area contributed by atoms with Crippen molar-refractivity contribution in [2.75, 3.05) is 40.0 Å². The second-order valence-corrected chi connectivity index (χ2v) is 8.85. The van der Waals surface area contributed by atoms with E-state index in [1.54, 1.807) is 29.1 Å². The number of likely N-dealkylation sites (N-methyl/N-ethyl adjacent to an activating group) is 1. The lowest BCUT2D eigenvalue weighted by atomic mass is 9.97. The van der Waals surface area contributed by atoms with Crippen LogP contribution in [0.2, 0.25) is 0 Å². The molecular weight excluding hydrogens is 410 g/mol. The number of fused-ring (bicyclic) bond motifs is 1. The minimum Gasteiger partial charge on any atom is -0.472 e. The molecule has 8 nitrogen and oxygen atoms in total. The maximum Gasteiger partial charge on any atom is 0.259 e. The van der Waals surface area contributed by atoms with Crippen LogP contribution in [0.5, 0.6) is 5.88 Å². The number of carbonyl (C=O) groups excluding carboxylic acids is 2. The first-order valence-corrected chi connectivity index (χ1v) is 11.4. The van der Waals surface area contributed by atoms with Gasteiger partial charge in [0.1, 0.15) is 11.7 Å². The molecule has 0 bridgehead atoms. The summed E-state index contributed by atoms with van der Waals surface area (Å²) in [5.41, 5.74) is 1.17. The number of aliphatic hydroxyl groups is 1.